The average molecular weight is 366 g/mol. The highest BCUT2D eigenvalue weighted by Gasteiger charge is 2.30. The van der Waals surface area contributed by atoms with E-state index in [0.717, 1.165) is 18.4 Å². The third-order valence-electron chi connectivity index (χ3n) is 4.53. The van der Waals surface area contributed by atoms with E-state index in [1.807, 2.05) is 30.3 Å². The van der Waals surface area contributed by atoms with Gasteiger partial charge >= 0.3 is 5.69 Å². The molecule has 1 fully saturated rings. The van der Waals surface area contributed by atoms with E-state index in [4.69, 9.17) is 0 Å². The smallest absolute Gasteiger partial charge is 0.346 e. The van der Waals surface area contributed by atoms with E-state index in [1.165, 1.54) is 28.9 Å². The van der Waals surface area contributed by atoms with E-state index >= 15 is 0 Å². The topological polar surface area (TPSA) is 68.9 Å². The number of carbonyl (C=O) groups is 1. The number of hydrogen-bond acceptors (Lipinski definition) is 3. The van der Waals surface area contributed by atoms with Gasteiger partial charge in [0.2, 0.25) is 0 Å². The van der Waals surface area contributed by atoms with Gasteiger partial charge in [0.05, 0.1) is 6.54 Å². The fourth-order valence-electron chi connectivity index (χ4n) is 2.99. The van der Waals surface area contributed by atoms with Crippen LogP contribution in [-0.2, 0) is 6.54 Å². The minimum atomic E-state index is -0.392. The first-order chi connectivity index (χ1) is 13.1. The fraction of sp³-hybridized carbons (Fsp3) is 0.250. The molecular formula is C20H19FN4O2. The van der Waals surface area contributed by atoms with Gasteiger partial charge in [0.15, 0.2) is 5.82 Å². The largest absolute Gasteiger partial charge is 0.350 e. The maximum atomic E-state index is 12.9. The van der Waals surface area contributed by atoms with Gasteiger partial charge in [-0.3, -0.25) is 9.36 Å². The number of amides is 1. The molecule has 1 aliphatic rings. The van der Waals surface area contributed by atoms with Crippen molar-refractivity contribution in [2.45, 2.75) is 25.4 Å². The first kappa shape index (κ1) is 17.2. The van der Waals surface area contributed by atoms with Gasteiger partial charge in [-0.15, -0.1) is 5.10 Å². The van der Waals surface area contributed by atoms with Crippen LogP contribution in [0.15, 0.2) is 59.4 Å². The van der Waals surface area contributed by atoms with Crippen LogP contribution in [0.1, 0.15) is 29.2 Å². The van der Waals surface area contributed by atoms with Gasteiger partial charge in [-0.2, -0.15) is 0 Å². The Balaban J connectivity index is 1.49. The molecule has 3 aromatic rings. The van der Waals surface area contributed by atoms with Crippen LogP contribution in [0.3, 0.4) is 0 Å². The summed E-state index contributed by atoms with van der Waals surface area (Å²) in [6.45, 7) is 0.525. The van der Waals surface area contributed by atoms with Gasteiger partial charge in [-0.1, -0.05) is 30.3 Å². The maximum Gasteiger partial charge on any atom is 0.346 e. The SMILES string of the molecule is O=C(NCCn1nc(-c2ccccc2)n(C2CC2)c1=O)c1ccc(F)cc1. The normalized spacial score (nSPS) is 13.5. The Bertz CT molecular complexity index is 1000. The lowest BCUT2D eigenvalue weighted by Gasteiger charge is -2.04. The van der Waals surface area contributed by atoms with Gasteiger partial charge in [0.1, 0.15) is 5.82 Å². The first-order valence-corrected chi connectivity index (χ1v) is 8.92. The molecule has 1 aliphatic carbocycles. The first-order valence-electron chi connectivity index (χ1n) is 8.92. The molecule has 1 aromatic heterocycles. The van der Waals surface area contributed by atoms with E-state index < -0.39 is 5.82 Å². The minimum absolute atomic E-state index is 0.160. The van der Waals surface area contributed by atoms with Crippen molar-refractivity contribution in [1.29, 1.82) is 0 Å². The molecule has 0 saturated heterocycles. The summed E-state index contributed by atoms with van der Waals surface area (Å²) >= 11 is 0. The van der Waals surface area contributed by atoms with Gasteiger partial charge in [0.25, 0.3) is 5.91 Å². The van der Waals surface area contributed by atoms with Crippen molar-refractivity contribution in [1.82, 2.24) is 19.7 Å². The molecule has 1 N–H and O–H groups in total. The predicted molar refractivity (Wildman–Crippen MR) is 98.9 cm³/mol. The Hall–Kier alpha value is -3.22. The third kappa shape index (κ3) is 3.67. The zero-order valence-electron chi connectivity index (χ0n) is 14.6. The summed E-state index contributed by atoms with van der Waals surface area (Å²) in [5.74, 6) is -0.0434. The molecule has 0 aliphatic heterocycles. The van der Waals surface area contributed by atoms with Gasteiger partial charge in [-0.05, 0) is 37.1 Å². The van der Waals surface area contributed by atoms with Gasteiger partial charge in [0, 0.05) is 23.7 Å². The Morgan fingerprint density at radius 1 is 1.11 bits per heavy atom. The molecule has 0 atom stereocenters. The summed E-state index contributed by atoms with van der Waals surface area (Å²) in [7, 11) is 0. The molecule has 27 heavy (non-hydrogen) atoms. The zero-order valence-corrected chi connectivity index (χ0v) is 14.6. The fourth-order valence-corrected chi connectivity index (χ4v) is 2.99. The molecule has 0 spiro atoms. The second kappa shape index (κ2) is 7.19. The summed E-state index contributed by atoms with van der Waals surface area (Å²) in [4.78, 5) is 24.8. The maximum absolute atomic E-state index is 12.9. The Kier molecular flexibility index (Phi) is 4.58. The zero-order chi connectivity index (χ0) is 18.8. The van der Waals surface area contributed by atoms with Crippen molar-refractivity contribution in [3.63, 3.8) is 0 Å². The molecule has 138 valence electrons. The Labute approximate surface area is 155 Å². The van der Waals surface area contributed by atoms with Crippen LogP contribution in [-0.4, -0.2) is 26.8 Å². The van der Waals surface area contributed by atoms with Crippen LogP contribution in [0, 0.1) is 5.82 Å². The van der Waals surface area contributed by atoms with E-state index in [0.29, 0.717) is 11.4 Å². The minimum Gasteiger partial charge on any atom is -0.350 e. The van der Waals surface area contributed by atoms with E-state index in [2.05, 4.69) is 10.4 Å². The number of carbonyl (C=O) groups excluding carboxylic acids is 1. The second-order valence-electron chi connectivity index (χ2n) is 6.56. The van der Waals surface area contributed by atoms with Crippen molar-refractivity contribution >= 4 is 5.91 Å². The van der Waals surface area contributed by atoms with Crippen molar-refractivity contribution in [3.05, 3.63) is 76.5 Å². The molecule has 6 nitrogen and oxygen atoms in total. The van der Waals surface area contributed by atoms with Crippen molar-refractivity contribution in [2.24, 2.45) is 0 Å². The lowest BCUT2D eigenvalue weighted by molar-refractivity contribution is 0.0951. The van der Waals surface area contributed by atoms with E-state index in [1.54, 1.807) is 4.57 Å². The molecule has 4 rings (SSSR count). The summed E-state index contributed by atoms with van der Waals surface area (Å²) in [6, 6.07) is 15.1. The number of aromatic nitrogens is 3. The number of rotatable bonds is 6. The molecule has 7 heteroatoms. The van der Waals surface area contributed by atoms with Crippen LogP contribution in [0.4, 0.5) is 4.39 Å². The van der Waals surface area contributed by atoms with Crippen LogP contribution in [0.2, 0.25) is 0 Å². The van der Waals surface area contributed by atoms with Crippen LogP contribution < -0.4 is 11.0 Å². The van der Waals surface area contributed by atoms with Gasteiger partial charge < -0.3 is 5.32 Å². The second-order valence-corrected chi connectivity index (χ2v) is 6.56. The van der Waals surface area contributed by atoms with Crippen molar-refractivity contribution < 1.29 is 9.18 Å². The molecule has 0 radical (unpaired) electrons. The number of nitrogens with one attached hydrogen (secondary N) is 1. The molecule has 1 saturated carbocycles. The average Bonchev–Trinajstić information content (AvgIpc) is 3.47. The monoisotopic (exact) mass is 366 g/mol. The predicted octanol–water partition coefficient (Wildman–Crippen LogP) is 2.62. The molecule has 2 aromatic carbocycles. The summed E-state index contributed by atoms with van der Waals surface area (Å²) in [6.07, 6.45) is 1.96. The lowest BCUT2D eigenvalue weighted by Crippen LogP contribution is -2.32. The Morgan fingerprint density at radius 2 is 1.81 bits per heavy atom. The number of benzene rings is 2. The molecule has 1 heterocycles. The number of nitrogens with zero attached hydrogens (tertiary/aromatic N) is 3. The highest BCUT2D eigenvalue weighted by Crippen LogP contribution is 2.36. The van der Waals surface area contributed by atoms with E-state index in [9.17, 15) is 14.0 Å². The lowest BCUT2D eigenvalue weighted by atomic mass is 10.2. The highest BCUT2D eigenvalue weighted by atomic mass is 19.1. The molecule has 1 amide bonds. The summed E-state index contributed by atoms with van der Waals surface area (Å²) < 4.78 is 16.1. The molecular weight excluding hydrogens is 347 g/mol. The quantitative estimate of drug-likeness (QED) is 0.729. The number of halogens is 1. The third-order valence-corrected chi connectivity index (χ3v) is 4.53. The Morgan fingerprint density at radius 3 is 2.48 bits per heavy atom. The summed E-state index contributed by atoms with van der Waals surface area (Å²) in [5, 5.41) is 7.23. The summed E-state index contributed by atoms with van der Waals surface area (Å²) in [5.41, 5.74) is 1.11. The van der Waals surface area contributed by atoms with Crippen LogP contribution in [0.25, 0.3) is 11.4 Å². The molecule has 0 unspecified atom stereocenters. The van der Waals surface area contributed by atoms with Crippen molar-refractivity contribution in [3.8, 4) is 11.4 Å². The number of hydrogen-bond donors (Lipinski definition) is 1. The highest BCUT2D eigenvalue weighted by molar-refractivity contribution is 5.94. The molecule has 0 bridgehead atoms. The van der Waals surface area contributed by atoms with E-state index in [-0.39, 0.29) is 30.7 Å². The van der Waals surface area contributed by atoms with Crippen LogP contribution >= 0.6 is 0 Å². The van der Waals surface area contributed by atoms with Crippen LogP contribution in [0.5, 0.6) is 0 Å². The van der Waals surface area contributed by atoms with Crippen molar-refractivity contribution in [2.75, 3.05) is 6.54 Å². The standard InChI is InChI=1S/C20H19FN4O2/c21-16-8-6-15(7-9-16)19(26)22-12-13-24-20(27)25(17-10-11-17)18(23-24)14-4-2-1-3-5-14/h1-9,17H,10-13H2,(H,22,26). The van der Waals surface area contributed by atoms with Gasteiger partial charge in [-0.25, -0.2) is 13.9 Å².